The van der Waals surface area contributed by atoms with E-state index >= 15 is 0 Å². The predicted octanol–water partition coefficient (Wildman–Crippen LogP) is 7.15. The van der Waals surface area contributed by atoms with Crippen molar-refractivity contribution in [1.29, 1.82) is 0 Å². The van der Waals surface area contributed by atoms with E-state index in [-0.39, 0.29) is 48.8 Å². The highest BCUT2D eigenvalue weighted by Crippen LogP contribution is 2.26. The number of hydrogen-bond acceptors (Lipinski definition) is 9. The predicted molar refractivity (Wildman–Crippen MR) is 208 cm³/mol. The Kier molecular flexibility index (Phi) is 22.6. The lowest BCUT2D eigenvalue weighted by Gasteiger charge is -2.26. The summed E-state index contributed by atoms with van der Waals surface area (Å²) in [6.45, 7) is 17.0. The number of aliphatic hydroxyl groups excluding tert-OH is 5. The molecule has 0 fully saturated rings. The van der Waals surface area contributed by atoms with Crippen LogP contribution in [0.5, 0.6) is 0 Å². The molecule has 1 aliphatic heterocycles. The van der Waals surface area contributed by atoms with Gasteiger partial charge in [-0.3, -0.25) is 4.79 Å². The van der Waals surface area contributed by atoms with Crippen LogP contribution in [-0.2, 0) is 19.1 Å². The summed E-state index contributed by atoms with van der Waals surface area (Å²) in [7, 11) is 0. The summed E-state index contributed by atoms with van der Waals surface area (Å²) in [4.78, 5) is 25.7. The van der Waals surface area contributed by atoms with Crippen molar-refractivity contribution in [2.24, 2.45) is 17.8 Å². The number of carbonyl (C=O) groups is 2. The number of cyclic esters (lactones) is 1. The average Bonchev–Trinajstić information content (AvgIpc) is 3.03. The number of ether oxygens (including phenoxy) is 2. The molecule has 0 aliphatic carbocycles. The van der Waals surface area contributed by atoms with E-state index in [9.17, 15) is 35.1 Å². The highest BCUT2D eigenvalue weighted by molar-refractivity contribution is 5.82. The van der Waals surface area contributed by atoms with Crippen LogP contribution >= 0.6 is 0 Å². The minimum Gasteiger partial charge on any atom is -0.462 e. The topological polar surface area (TPSA) is 154 Å². The highest BCUT2D eigenvalue weighted by atomic mass is 16.5. The third kappa shape index (κ3) is 20.8. The fourth-order valence-corrected chi connectivity index (χ4v) is 6.18. The molecule has 0 unspecified atom stereocenters. The molecule has 1 aliphatic rings. The zero-order chi connectivity index (χ0) is 39.4. The summed E-state index contributed by atoms with van der Waals surface area (Å²) in [5.74, 6) is -0.652. The minimum absolute atomic E-state index is 0.0633. The molecule has 52 heavy (non-hydrogen) atoms. The van der Waals surface area contributed by atoms with Gasteiger partial charge in [-0.05, 0) is 85.5 Å². The molecular formula is C43H68O9. The number of aliphatic hydroxyl groups is 5. The maximum atomic E-state index is 12.9. The summed E-state index contributed by atoms with van der Waals surface area (Å²) in [6, 6.07) is 0. The Labute approximate surface area is 313 Å². The van der Waals surface area contributed by atoms with Gasteiger partial charge in [0.25, 0.3) is 0 Å². The summed E-state index contributed by atoms with van der Waals surface area (Å²) in [5.41, 5.74) is 3.68. The average molecular weight is 729 g/mol. The molecule has 1 rings (SSSR count). The quantitative estimate of drug-likeness (QED) is 0.0455. The van der Waals surface area contributed by atoms with Crippen LogP contribution in [0.25, 0.3) is 0 Å². The maximum absolute atomic E-state index is 12.9. The van der Waals surface area contributed by atoms with Crippen molar-refractivity contribution in [2.45, 2.75) is 156 Å². The normalized spacial score (nSPS) is 25.3. The van der Waals surface area contributed by atoms with E-state index < -0.39 is 36.5 Å². The molecular weight excluding hydrogens is 660 g/mol. The Morgan fingerprint density at radius 2 is 1.50 bits per heavy atom. The first-order valence-corrected chi connectivity index (χ1v) is 18.9. The molecule has 0 saturated carbocycles. The Bertz CT molecular complexity index is 1300. The van der Waals surface area contributed by atoms with Gasteiger partial charge in [0.1, 0.15) is 12.2 Å². The highest BCUT2D eigenvalue weighted by Gasteiger charge is 2.25. The van der Waals surface area contributed by atoms with Gasteiger partial charge in [0.2, 0.25) is 0 Å². The van der Waals surface area contributed by atoms with Gasteiger partial charge in [0.05, 0.1) is 30.5 Å². The van der Waals surface area contributed by atoms with Gasteiger partial charge in [-0.25, -0.2) is 4.79 Å². The first kappa shape index (κ1) is 46.9. The van der Waals surface area contributed by atoms with Crippen LogP contribution in [-0.4, -0.2) is 80.2 Å². The number of carbonyl (C=O) groups excluding carboxylic acids is 2. The molecule has 9 heteroatoms. The molecule has 9 nitrogen and oxygen atoms in total. The van der Waals surface area contributed by atoms with Crippen molar-refractivity contribution in [3.05, 3.63) is 83.1 Å². The Balaban J connectivity index is 2.79. The van der Waals surface area contributed by atoms with Gasteiger partial charge in [-0.2, -0.15) is 0 Å². The fourth-order valence-electron chi connectivity index (χ4n) is 6.18. The third-order valence-electron chi connectivity index (χ3n) is 9.18. The van der Waals surface area contributed by atoms with Crippen molar-refractivity contribution in [3.63, 3.8) is 0 Å². The van der Waals surface area contributed by atoms with E-state index in [1.165, 1.54) is 6.08 Å². The zero-order valence-electron chi connectivity index (χ0n) is 33.1. The largest absolute Gasteiger partial charge is 0.462 e. The fraction of sp³-hybridized carbons (Fsp3) is 0.628. The van der Waals surface area contributed by atoms with Crippen LogP contribution in [0.15, 0.2) is 83.1 Å². The van der Waals surface area contributed by atoms with Crippen molar-refractivity contribution >= 4 is 11.9 Å². The molecule has 0 amide bonds. The summed E-state index contributed by atoms with van der Waals surface area (Å²) in [5, 5.41) is 49.4. The van der Waals surface area contributed by atoms with Crippen LogP contribution in [0.2, 0.25) is 0 Å². The molecule has 0 spiro atoms. The summed E-state index contributed by atoms with van der Waals surface area (Å²) < 4.78 is 11.8. The van der Waals surface area contributed by atoms with Crippen LogP contribution in [0.4, 0.5) is 0 Å². The maximum Gasteiger partial charge on any atom is 0.331 e. The third-order valence-corrected chi connectivity index (χ3v) is 9.18. The first-order chi connectivity index (χ1) is 24.4. The molecule has 1 heterocycles. The second-order valence-electron chi connectivity index (χ2n) is 15.1. The molecule has 0 saturated heterocycles. The molecule has 0 radical (unpaired) electrons. The van der Waals surface area contributed by atoms with Crippen LogP contribution < -0.4 is 0 Å². The second kappa shape index (κ2) is 25.0. The van der Waals surface area contributed by atoms with Crippen LogP contribution in [0, 0.1) is 17.8 Å². The first-order valence-electron chi connectivity index (χ1n) is 18.9. The molecule has 0 bridgehead atoms. The Hall–Kier alpha value is -3.08. The monoisotopic (exact) mass is 728 g/mol. The molecule has 0 aromatic rings. The lowest BCUT2D eigenvalue weighted by Crippen LogP contribution is -2.27. The van der Waals surface area contributed by atoms with Gasteiger partial charge in [0.15, 0.2) is 0 Å². The van der Waals surface area contributed by atoms with Crippen molar-refractivity contribution in [1.82, 2.24) is 0 Å². The lowest BCUT2D eigenvalue weighted by molar-refractivity contribution is -0.151. The van der Waals surface area contributed by atoms with Gasteiger partial charge < -0.3 is 35.0 Å². The molecule has 5 N–H and O–H groups in total. The van der Waals surface area contributed by atoms with Gasteiger partial charge in [-0.15, -0.1) is 0 Å². The van der Waals surface area contributed by atoms with E-state index in [0.29, 0.717) is 25.7 Å². The van der Waals surface area contributed by atoms with Gasteiger partial charge in [0, 0.05) is 31.3 Å². The number of allylic oxidation sites excluding steroid dienone is 10. The van der Waals surface area contributed by atoms with Crippen molar-refractivity contribution < 1.29 is 44.6 Å². The van der Waals surface area contributed by atoms with E-state index in [0.717, 1.165) is 35.1 Å². The minimum atomic E-state index is -1.07. The Morgan fingerprint density at radius 1 is 0.865 bits per heavy atom. The zero-order valence-corrected chi connectivity index (χ0v) is 33.1. The van der Waals surface area contributed by atoms with Gasteiger partial charge in [-0.1, -0.05) is 97.7 Å². The standard InChI is InChI=1S/C43H68O9/c1-28(14-12-15-29(2)25-38(47)39(48)27-36(9)45)22-30(3)20-21-43(50)51-40-18-13-19-42(49)52-41(17-11-10-16-32(40)5)34(7)24-31(4)23-33(6)37(46)26-35(8)44/h10-12,14-15,20-23,25,32-41,44-48H,13,16-19,24,26-27H2,1-9H3/b11-10+,15-12+,21-20+,28-14+,29-25+,30-22-,31-23+/t32-,33+,34-,35+,36-,37+,38-,39-,40-,41+/m0/s1. The SMILES string of the molecule is CC(=C/C(C)=C/C=C/C(C)=C/[C@H](O)[C@@H](O)C[C@H](C)O)/C=C/C(=O)O[C@H]1CCCC(=O)O[C@@H]([C@@H](C)C/C(C)=C/[C@@H](C)[C@H](O)C[C@@H](C)O)C/C=C/C[C@@H]1C. The van der Waals surface area contributed by atoms with Gasteiger partial charge >= 0.3 is 11.9 Å². The summed E-state index contributed by atoms with van der Waals surface area (Å²) in [6.07, 6.45) is 17.5. The van der Waals surface area contributed by atoms with Crippen LogP contribution in [0.3, 0.4) is 0 Å². The number of esters is 2. The molecule has 294 valence electrons. The number of hydrogen-bond donors (Lipinski definition) is 5. The number of rotatable bonds is 17. The lowest BCUT2D eigenvalue weighted by atomic mass is 9.90. The second-order valence-corrected chi connectivity index (χ2v) is 15.1. The van der Waals surface area contributed by atoms with Crippen LogP contribution in [0.1, 0.15) is 114 Å². The molecule has 0 aromatic carbocycles. The van der Waals surface area contributed by atoms with E-state index in [4.69, 9.17) is 9.47 Å². The van der Waals surface area contributed by atoms with E-state index in [2.05, 4.69) is 19.9 Å². The Morgan fingerprint density at radius 3 is 2.15 bits per heavy atom. The van der Waals surface area contributed by atoms with Crippen molar-refractivity contribution in [3.8, 4) is 0 Å². The van der Waals surface area contributed by atoms with E-state index in [1.807, 2.05) is 71.1 Å². The molecule has 10 atom stereocenters. The summed E-state index contributed by atoms with van der Waals surface area (Å²) >= 11 is 0. The smallest absolute Gasteiger partial charge is 0.331 e. The van der Waals surface area contributed by atoms with Crippen molar-refractivity contribution in [2.75, 3.05) is 0 Å². The van der Waals surface area contributed by atoms with E-state index in [1.54, 1.807) is 26.0 Å². The molecule has 0 aromatic heterocycles.